The molecule has 0 radical (unpaired) electrons. The maximum atomic E-state index is 4.84. The van der Waals surface area contributed by atoms with Crippen LogP contribution < -0.4 is 5.32 Å². The van der Waals surface area contributed by atoms with Crippen molar-refractivity contribution in [3.8, 4) is 11.3 Å². The van der Waals surface area contributed by atoms with Crippen molar-refractivity contribution in [2.45, 2.75) is 45.1 Å². The van der Waals surface area contributed by atoms with Crippen molar-refractivity contribution in [3.63, 3.8) is 0 Å². The van der Waals surface area contributed by atoms with E-state index in [0.717, 1.165) is 28.4 Å². The molecule has 114 valence electrons. The third-order valence-corrected chi connectivity index (χ3v) is 4.53. The van der Waals surface area contributed by atoms with Crippen molar-refractivity contribution in [1.82, 2.24) is 14.6 Å². The van der Waals surface area contributed by atoms with E-state index in [0.29, 0.717) is 6.04 Å². The fourth-order valence-corrected chi connectivity index (χ4v) is 3.42. The molecule has 0 amide bonds. The number of anilines is 1. The van der Waals surface area contributed by atoms with Crippen molar-refractivity contribution in [3.05, 3.63) is 42.1 Å². The van der Waals surface area contributed by atoms with E-state index in [1.165, 1.54) is 32.1 Å². The van der Waals surface area contributed by atoms with E-state index in [4.69, 9.17) is 4.98 Å². The molecule has 3 aromatic rings. The Balaban J connectivity index is 1.78. The zero-order valence-corrected chi connectivity index (χ0v) is 13.0. The van der Waals surface area contributed by atoms with E-state index < -0.39 is 0 Å². The molecular weight excluding hydrogens is 272 g/mol. The van der Waals surface area contributed by atoms with Crippen molar-refractivity contribution in [2.24, 2.45) is 0 Å². The highest BCUT2D eigenvalue weighted by molar-refractivity contribution is 5.76. The lowest BCUT2D eigenvalue weighted by molar-refractivity contribution is 0.461. The van der Waals surface area contributed by atoms with Crippen LogP contribution in [0.4, 0.5) is 5.82 Å². The second-order valence-corrected chi connectivity index (χ2v) is 6.29. The van der Waals surface area contributed by atoms with Gasteiger partial charge in [-0.1, -0.05) is 49.6 Å². The molecule has 4 nitrogen and oxygen atoms in total. The minimum atomic E-state index is 0.555. The number of fused-ring (bicyclic) bond motifs is 1. The molecule has 0 spiro atoms. The number of H-pyrrole nitrogens is 1. The van der Waals surface area contributed by atoms with Crippen LogP contribution in [0.3, 0.4) is 0 Å². The van der Waals surface area contributed by atoms with Gasteiger partial charge in [-0.3, -0.25) is 5.10 Å². The molecule has 1 aromatic carbocycles. The lowest BCUT2D eigenvalue weighted by Gasteiger charge is -2.23. The second-order valence-electron chi connectivity index (χ2n) is 6.29. The van der Waals surface area contributed by atoms with Crippen molar-refractivity contribution >= 4 is 11.5 Å². The summed E-state index contributed by atoms with van der Waals surface area (Å²) in [5, 5.41) is 7.15. The molecular formula is C18H22N4. The normalized spacial score (nSPS) is 16.2. The maximum Gasteiger partial charge on any atom is 0.156 e. The van der Waals surface area contributed by atoms with E-state index in [1.54, 1.807) is 0 Å². The standard InChI is InChI=1S/C18H22N4/c1-13-12-16-20-17(14-8-4-2-5-9-14)18(22(16)21-13)19-15-10-6-3-7-11-15/h2,4-5,8-9,12,15,19,21H,3,6-7,10-11H2,1H3. The van der Waals surface area contributed by atoms with Gasteiger partial charge in [-0.2, -0.15) is 0 Å². The first-order valence-electron chi connectivity index (χ1n) is 8.21. The quantitative estimate of drug-likeness (QED) is 0.753. The van der Waals surface area contributed by atoms with Gasteiger partial charge in [0, 0.05) is 23.4 Å². The summed E-state index contributed by atoms with van der Waals surface area (Å²) in [5.74, 6) is 1.10. The molecule has 1 aliphatic carbocycles. The van der Waals surface area contributed by atoms with Gasteiger partial charge in [0.15, 0.2) is 11.5 Å². The molecule has 4 heteroatoms. The fourth-order valence-electron chi connectivity index (χ4n) is 3.42. The highest BCUT2D eigenvalue weighted by Gasteiger charge is 2.20. The Bertz CT molecular complexity index is 763. The van der Waals surface area contributed by atoms with Gasteiger partial charge in [0.05, 0.1) is 0 Å². The molecule has 1 saturated carbocycles. The number of hydrogen-bond acceptors (Lipinski definition) is 2. The number of imidazole rings is 1. The van der Waals surface area contributed by atoms with Crippen LogP contribution in [0, 0.1) is 6.92 Å². The van der Waals surface area contributed by atoms with Gasteiger partial charge in [0.2, 0.25) is 0 Å². The average molecular weight is 294 g/mol. The number of aryl methyl sites for hydroxylation is 1. The molecule has 0 aliphatic heterocycles. The first kappa shape index (κ1) is 13.4. The van der Waals surface area contributed by atoms with Gasteiger partial charge in [-0.25, -0.2) is 9.50 Å². The Morgan fingerprint density at radius 1 is 1.14 bits per heavy atom. The summed E-state index contributed by atoms with van der Waals surface area (Å²) in [6.45, 7) is 2.07. The van der Waals surface area contributed by atoms with Gasteiger partial charge in [0.1, 0.15) is 5.69 Å². The lowest BCUT2D eigenvalue weighted by atomic mass is 9.95. The summed E-state index contributed by atoms with van der Waals surface area (Å²) < 4.78 is 2.09. The van der Waals surface area contributed by atoms with Gasteiger partial charge >= 0.3 is 0 Å². The van der Waals surface area contributed by atoms with Crippen LogP contribution in [0.25, 0.3) is 16.9 Å². The summed E-state index contributed by atoms with van der Waals surface area (Å²) in [6.07, 6.45) is 6.52. The molecule has 2 N–H and O–H groups in total. The number of hydrogen-bond donors (Lipinski definition) is 2. The van der Waals surface area contributed by atoms with Crippen LogP contribution in [0.2, 0.25) is 0 Å². The maximum absolute atomic E-state index is 4.84. The Morgan fingerprint density at radius 3 is 2.68 bits per heavy atom. The van der Waals surface area contributed by atoms with Crippen LogP contribution in [-0.2, 0) is 0 Å². The Labute approximate surface area is 130 Å². The highest BCUT2D eigenvalue weighted by atomic mass is 15.3. The molecule has 0 unspecified atom stereocenters. The van der Waals surface area contributed by atoms with Gasteiger partial charge in [-0.05, 0) is 19.8 Å². The monoisotopic (exact) mass is 294 g/mol. The number of nitrogens with one attached hydrogen (secondary N) is 2. The van der Waals surface area contributed by atoms with Crippen molar-refractivity contribution < 1.29 is 0 Å². The predicted molar refractivity (Wildman–Crippen MR) is 90.2 cm³/mol. The van der Waals surface area contributed by atoms with Crippen molar-refractivity contribution in [1.29, 1.82) is 0 Å². The summed E-state index contributed by atoms with van der Waals surface area (Å²) in [4.78, 5) is 4.84. The summed E-state index contributed by atoms with van der Waals surface area (Å²) >= 11 is 0. The molecule has 0 atom stereocenters. The minimum absolute atomic E-state index is 0.555. The average Bonchev–Trinajstić information content (AvgIpc) is 3.07. The van der Waals surface area contributed by atoms with Crippen molar-refractivity contribution in [2.75, 3.05) is 5.32 Å². The molecule has 0 bridgehead atoms. The highest BCUT2D eigenvalue weighted by Crippen LogP contribution is 2.31. The molecule has 1 fully saturated rings. The number of aromatic amines is 1. The zero-order chi connectivity index (χ0) is 14.9. The third kappa shape index (κ3) is 2.39. The molecule has 0 saturated heterocycles. The molecule has 22 heavy (non-hydrogen) atoms. The van der Waals surface area contributed by atoms with E-state index >= 15 is 0 Å². The van der Waals surface area contributed by atoms with E-state index in [2.05, 4.69) is 52.2 Å². The predicted octanol–water partition coefficient (Wildman–Crippen LogP) is 4.38. The van der Waals surface area contributed by atoms with Crippen LogP contribution in [0.15, 0.2) is 36.4 Å². The Hall–Kier alpha value is -2.23. The topological polar surface area (TPSA) is 45.1 Å². The van der Waals surface area contributed by atoms with Gasteiger partial charge in [-0.15, -0.1) is 0 Å². The zero-order valence-electron chi connectivity index (χ0n) is 13.0. The van der Waals surface area contributed by atoms with Crippen LogP contribution in [-0.4, -0.2) is 20.6 Å². The smallest absolute Gasteiger partial charge is 0.156 e. The second kappa shape index (κ2) is 5.52. The van der Waals surface area contributed by atoms with Gasteiger partial charge in [0.25, 0.3) is 0 Å². The third-order valence-electron chi connectivity index (χ3n) is 4.53. The summed E-state index contributed by atoms with van der Waals surface area (Å²) in [6, 6.07) is 13.1. The fraction of sp³-hybridized carbons (Fsp3) is 0.389. The molecule has 4 rings (SSSR count). The number of benzene rings is 1. The SMILES string of the molecule is Cc1cc2nc(-c3ccccc3)c(NC3CCCCC3)n2[nH]1. The molecule has 2 heterocycles. The van der Waals surface area contributed by atoms with Crippen LogP contribution >= 0.6 is 0 Å². The largest absolute Gasteiger partial charge is 0.365 e. The summed E-state index contributed by atoms with van der Waals surface area (Å²) in [5.41, 5.74) is 4.32. The van der Waals surface area contributed by atoms with E-state index in [-0.39, 0.29) is 0 Å². The number of rotatable bonds is 3. The number of aromatic nitrogens is 3. The molecule has 2 aromatic heterocycles. The van der Waals surface area contributed by atoms with E-state index in [9.17, 15) is 0 Å². The van der Waals surface area contributed by atoms with Gasteiger partial charge < -0.3 is 5.32 Å². The lowest BCUT2D eigenvalue weighted by Crippen LogP contribution is -2.23. The Kier molecular flexibility index (Phi) is 3.37. The minimum Gasteiger partial charge on any atom is -0.365 e. The summed E-state index contributed by atoms with van der Waals surface area (Å²) in [7, 11) is 0. The number of nitrogens with zero attached hydrogens (tertiary/aromatic N) is 2. The van der Waals surface area contributed by atoms with E-state index in [1.807, 2.05) is 6.07 Å². The molecule has 1 aliphatic rings. The van der Waals surface area contributed by atoms with Crippen LogP contribution in [0.1, 0.15) is 37.8 Å². The first-order valence-corrected chi connectivity index (χ1v) is 8.21. The first-order chi connectivity index (χ1) is 10.8. The van der Waals surface area contributed by atoms with Crippen LogP contribution in [0.5, 0.6) is 0 Å². The Morgan fingerprint density at radius 2 is 1.91 bits per heavy atom.